The predicted molar refractivity (Wildman–Crippen MR) is 274 cm³/mol. The number of para-hydroxylation sites is 3. The van der Waals surface area contributed by atoms with Crippen molar-refractivity contribution in [2.24, 2.45) is 4.99 Å². The van der Waals surface area contributed by atoms with E-state index in [4.69, 9.17) is 13.8 Å². The number of nitrogens with zero attached hydrogens (tertiary/aromatic N) is 2. The normalized spacial score (nSPS) is 17.6. The molecule has 4 unspecified atom stereocenters. The van der Waals surface area contributed by atoms with E-state index in [-0.39, 0.29) is 12.3 Å². The Morgan fingerprint density at radius 1 is 0.522 bits per heavy atom. The summed E-state index contributed by atoms with van der Waals surface area (Å²) >= 11 is 0. The van der Waals surface area contributed by atoms with Crippen molar-refractivity contribution in [2.75, 3.05) is 7.05 Å². The van der Waals surface area contributed by atoms with Crippen LogP contribution in [0.2, 0.25) is 0 Å². The zero-order valence-corrected chi connectivity index (χ0v) is 37.4. The summed E-state index contributed by atoms with van der Waals surface area (Å²) in [6, 6.07) is 74.1. The number of amidine groups is 1. The molecule has 11 aromatic rings. The maximum absolute atomic E-state index is 6.93. The van der Waals surface area contributed by atoms with Crippen LogP contribution in [0.3, 0.4) is 0 Å². The van der Waals surface area contributed by atoms with E-state index in [0.717, 1.165) is 95.1 Å². The number of furan rings is 2. The van der Waals surface area contributed by atoms with Gasteiger partial charge in [0.25, 0.3) is 0 Å². The van der Waals surface area contributed by atoms with Crippen molar-refractivity contribution in [2.45, 2.75) is 37.5 Å². The molecular formula is C62H47N3O2. The lowest BCUT2D eigenvalue weighted by molar-refractivity contribution is 0.152. The van der Waals surface area contributed by atoms with Crippen molar-refractivity contribution >= 4 is 49.7 Å². The van der Waals surface area contributed by atoms with Gasteiger partial charge >= 0.3 is 0 Å². The van der Waals surface area contributed by atoms with Crippen molar-refractivity contribution < 1.29 is 8.83 Å². The van der Waals surface area contributed by atoms with Gasteiger partial charge in [-0.25, -0.2) is 4.99 Å². The van der Waals surface area contributed by atoms with Gasteiger partial charge in [-0.1, -0.05) is 195 Å². The average Bonchev–Trinajstić information content (AvgIpc) is 3.98. The SMILES string of the molecule is CC(c1ccccc1)C1Cc2ccc(-c3cccc4c3oc3cccc(C5=NC(c6ccc(-c7cccc8c7oc7ccccc78)cc6)N(C)C(c6ccccc6)N5)c34)cc2-c2ccccc21. The number of nitrogens with one attached hydrogen (secondary N) is 1. The summed E-state index contributed by atoms with van der Waals surface area (Å²) in [6.07, 6.45) is 0.592. The van der Waals surface area contributed by atoms with E-state index in [1.165, 1.54) is 27.8 Å². The third kappa shape index (κ3) is 6.52. The second-order valence-corrected chi connectivity index (χ2v) is 18.3. The highest BCUT2D eigenvalue weighted by atomic mass is 16.3. The van der Waals surface area contributed by atoms with Crippen LogP contribution >= 0.6 is 0 Å². The summed E-state index contributed by atoms with van der Waals surface area (Å²) in [6.45, 7) is 2.38. The number of benzene rings is 9. The highest BCUT2D eigenvalue weighted by Gasteiger charge is 2.33. The number of hydrogen-bond donors (Lipinski definition) is 1. The van der Waals surface area contributed by atoms with E-state index in [2.05, 4.69) is 218 Å². The monoisotopic (exact) mass is 865 g/mol. The van der Waals surface area contributed by atoms with Crippen LogP contribution in [0, 0.1) is 0 Å². The molecule has 0 bridgehead atoms. The smallest absolute Gasteiger partial charge is 0.143 e. The van der Waals surface area contributed by atoms with E-state index in [1.54, 1.807) is 0 Å². The molecule has 5 nitrogen and oxygen atoms in total. The van der Waals surface area contributed by atoms with Crippen LogP contribution < -0.4 is 5.32 Å². The third-order valence-electron chi connectivity index (χ3n) is 14.6. The molecule has 1 N–H and O–H groups in total. The van der Waals surface area contributed by atoms with Gasteiger partial charge in [0.05, 0.1) is 0 Å². The first kappa shape index (κ1) is 39.4. The van der Waals surface area contributed by atoms with Gasteiger partial charge < -0.3 is 14.2 Å². The molecule has 0 radical (unpaired) electrons. The summed E-state index contributed by atoms with van der Waals surface area (Å²) in [7, 11) is 2.15. The van der Waals surface area contributed by atoms with Gasteiger partial charge in [-0.2, -0.15) is 0 Å². The Bertz CT molecular complexity index is 3700. The van der Waals surface area contributed by atoms with E-state index < -0.39 is 0 Å². The van der Waals surface area contributed by atoms with Crippen molar-refractivity contribution in [1.82, 2.24) is 10.2 Å². The van der Waals surface area contributed by atoms with Crippen LogP contribution in [-0.4, -0.2) is 17.8 Å². The maximum Gasteiger partial charge on any atom is 0.143 e. The van der Waals surface area contributed by atoms with Crippen LogP contribution in [0.1, 0.15) is 64.5 Å². The number of aliphatic imine (C=N–C) groups is 1. The summed E-state index contributed by atoms with van der Waals surface area (Å²) in [5, 5.41) is 8.26. The van der Waals surface area contributed by atoms with Crippen molar-refractivity contribution in [3.05, 3.63) is 240 Å². The molecule has 322 valence electrons. The van der Waals surface area contributed by atoms with Crippen LogP contribution in [0.5, 0.6) is 0 Å². The molecule has 2 aromatic heterocycles. The first-order valence-corrected chi connectivity index (χ1v) is 23.4. The minimum atomic E-state index is -0.268. The van der Waals surface area contributed by atoms with Gasteiger partial charge in [0, 0.05) is 38.2 Å². The van der Waals surface area contributed by atoms with Gasteiger partial charge in [0.1, 0.15) is 40.5 Å². The van der Waals surface area contributed by atoms with E-state index in [9.17, 15) is 0 Å². The first-order valence-electron chi connectivity index (χ1n) is 23.4. The zero-order valence-electron chi connectivity index (χ0n) is 37.4. The molecule has 4 atom stereocenters. The van der Waals surface area contributed by atoms with Gasteiger partial charge in [-0.15, -0.1) is 0 Å². The summed E-state index contributed by atoms with van der Waals surface area (Å²) in [5.41, 5.74) is 18.0. The second kappa shape index (κ2) is 15.9. The van der Waals surface area contributed by atoms with Gasteiger partial charge in [0.2, 0.25) is 0 Å². The topological polar surface area (TPSA) is 53.9 Å². The minimum absolute atomic E-state index is 0.139. The predicted octanol–water partition coefficient (Wildman–Crippen LogP) is 15.6. The molecule has 0 saturated carbocycles. The average molecular weight is 866 g/mol. The van der Waals surface area contributed by atoms with E-state index >= 15 is 0 Å². The lowest BCUT2D eigenvalue weighted by Crippen LogP contribution is -2.46. The Labute approximate surface area is 389 Å². The molecule has 0 fully saturated rings. The largest absolute Gasteiger partial charge is 0.455 e. The Kier molecular flexibility index (Phi) is 9.33. The molecule has 5 heteroatoms. The fourth-order valence-electron chi connectivity index (χ4n) is 11.1. The van der Waals surface area contributed by atoms with Crippen LogP contribution in [0.25, 0.3) is 77.3 Å². The standard InChI is InChI=1S/C62H47N3O2/c1-38(39-16-5-3-6-17-39)53-36-44-35-34-43(37-54(44)48-21-10-9-20-47(48)53)46-24-14-26-51-57-52(27-15-29-56(57)67-59(46)51)60-63-61(41-18-7-4-8-19-41)65(2)62(64-60)42-32-30-40(31-33-42)45-23-13-25-50-49-22-11-12-28-55(49)66-58(45)50/h3-35,37-38,53,61-62H,36H2,1-2H3,(H,63,64). The number of fused-ring (bicyclic) bond motifs is 9. The molecule has 9 aromatic carbocycles. The molecule has 13 rings (SSSR count). The highest BCUT2D eigenvalue weighted by Crippen LogP contribution is 2.48. The Morgan fingerprint density at radius 3 is 1.97 bits per heavy atom. The molecule has 0 saturated heterocycles. The summed E-state index contributed by atoms with van der Waals surface area (Å²) in [5.74, 6) is 1.62. The van der Waals surface area contributed by atoms with E-state index in [1.807, 2.05) is 12.1 Å². The zero-order chi connectivity index (χ0) is 44.6. The number of hydrogen-bond acceptors (Lipinski definition) is 5. The molecule has 0 amide bonds. The molecule has 2 aliphatic rings. The Morgan fingerprint density at radius 2 is 1.13 bits per heavy atom. The molecule has 1 aliphatic carbocycles. The van der Waals surface area contributed by atoms with Crippen LogP contribution in [0.4, 0.5) is 0 Å². The first-order chi connectivity index (χ1) is 33.1. The Balaban J connectivity index is 0.892. The highest BCUT2D eigenvalue weighted by molar-refractivity contribution is 6.20. The number of rotatable bonds is 7. The second-order valence-electron chi connectivity index (χ2n) is 18.3. The third-order valence-corrected chi connectivity index (χ3v) is 14.6. The van der Waals surface area contributed by atoms with Crippen molar-refractivity contribution in [3.63, 3.8) is 0 Å². The lowest BCUT2D eigenvalue weighted by Gasteiger charge is -2.39. The molecule has 3 heterocycles. The fourth-order valence-corrected chi connectivity index (χ4v) is 11.1. The summed E-state index contributed by atoms with van der Waals surface area (Å²) in [4.78, 5) is 7.87. The van der Waals surface area contributed by atoms with Crippen LogP contribution in [-0.2, 0) is 6.42 Å². The van der Waals surface area contributed by atoms with Gasteiger partial charge in [-0.3, -0.25) is 4.90 Å². The van der Waals surface area contributed by atoms with Crippen molar-refractivity contribution in [3.8, 4) is 33.4 Å². The summed E-state index contributed by atoms with van der Waals surface area (Å²) < 4.78 is 13.4. The quantitative estimate of drug-likeness (QED) is 0.173. The minimum Gasteiger partial charge on any atom is -0.455 e. The van der Waals surface area contributed by atoms with Crippen molar-refractivity contribution in [1.29, 1.82) is 0 Å². The van der Waals surface area contributed by atoms with Gasteiger partial charge in [0.15, 0.2) is 0 Å². The molecular weight excluding hydrogens is 819 g/mol. The fraction of sp³-hybridized carbons (Fsp3) is 0.113. The lowest BCUT2D eigenvalue weighted by atomic mass is 9.71. The molecule has 67 heavy (non-hydrogen) atoms. The molecule has 0 spiro atoms. The maximum atomic E-state index is 6.93. The Hall–Kier alpha value is -7.99. The van der Waals surface area contributed by atoms with Gasteiger partial charge in [-0.05, 0) is 93.6 Å². The molecule has 1 aliphatic heterocycles. The van der Waals surface area contributed by atoms with E-state index in [0.29, 0.717) is 11.8 Å². The van der Waals surface area contributed by atoms with Crippen LogP contribution in [0.15, 0.2) is 220 Å².